The molecule has 5 aliphatic carbocycles. The SMILES string of the molecule is CC1(C)CC[C@]2(C(=O)O)CC[C@]3(C)C(=CCC4[C@@]5(C)CC[C@@H](C(O)[C@H]6OC(CO)[C@@H](O)C(O)C6O)C(C)(C)C5CC[C@]43C)C2C1. The second-order valence-electron chi connectivity index (χ2n) is 18.4. The predicted molar refractivity (Wildman–Crippen MR) is 170 cm³/mol. The number of rotatable bonds is 4. The number of aliphatic carboxylic acids is 1. The van der Waals surface area contributed by atoms with Gasteiger partial charge in [-0.1, -0.05) is 60.1 Å². The van der Waals surface area contributed by atoms with E-state index in [1.165, 1.54) is 5.57 Å². The van der Waals surface area contributed by atoms with Crippen LogP contribution in [0.25, 0.3) is 0 Å². The Morgan fingerprint density at radius 1 is 0.889 bits per heavy atom. The van der Waals surface area contributed by atoms with E-state index in [0.29, 0.717) is 11.8 Å². The van der Waals surface area contributed by atoms with E-state index in [0.717, 1.165) is 64.2 Å². The van der Waals surface area contributed by atoms with Crippen LogP contribution in [0.5, 0.6) is 0 Å². The molecule has 1 saturated heterocycles. The zero-order valence-electron chi connectivity index (χ0n) is 28.6. The Morgan fingerprint density at radius 2 is 1.56 bits per heavy atom. The van der Waals surface area contributed by atoms with Gasteiger partial charge in [0.15, 0.2) is 0 Å². The second kappa shape index (κ2) is 10.7. The number of carboxylic acids is 1. The summed E-state index contributed by atoms with van der Waals surface area (Å²) >= 11 is 0. The van der Waals surface area contributed by atoms with E-state index in [4.69, 9.17) is 4.74 Å². The van der Waals surface area contributed by atoms with Gasteiger partial charge in [-0.3, -0.25) is 4.79 Å². The lowest BCUT2D eigenvalue weighted by Crippen LogP contribution is -2.67. The number of allylic oxidation sites excluding steroid dienone is 2. The summed E-state index contributed by atoms with van der Waals surface area (Å²) in [5, 5.41) is 63.8. The predicted octanol–water partition coefficient (Wildman–Crippen LogP) is 4.69. The summed E-state index contributed by atoms with van der Waals surface area (Å²) in [5.74, 6) is 0.0295. The molecule has 4 saturated carbocycles. The molecule has 7 unspecified atom stereocenters. The molecule has 14 atom stereocenters. The molecule has 45 heavy (non-hydrogen) atoms. The number of carbonyl (C=O) groups is 1. The zero-order chi connectivity index (χ0) is 33.1. The third-order valence-corrected chi connectivity index (χ3v) is 15.9. The number of hydrogen-bond acceptors (Lipinski definition) is 7. The van der Waals surface area contributed by atoms with Gasteiger partial charge in [0, 0.05) is 0 Å². The number of carboxylic acid groups (broad SMARTS) is 1. The monoisotopic (exact) mass is 632 g/mol. The molecule has 6 N–H and O–H groups in total. The van der Waals surface area contributed by atoms with Crippen LogP contribution < -0.4 is 0 Å². The Bertz CT molecular complexity index is 1210. The maximum atomic E-state index is 13.0. The van der Waals surface area contributed by atoms with E-state index >= 15 is 0 Å². The minimum Gasteiger partial charge on any atom is -0.481 e. The highest BCUT2D eigenvalue weighted by atomic mass is 16.6. The van der Waals surface area contributed by atoms with Gasteiger partial charge in [-0.05, 0) is 115 Å². The van der Waals surface area contributed by atoms with E-state index in [2.05, 4.69) is 54.5 Å². The van der Waals surface area contributed by atoms with Crippen LogP contribution >= 0.6 is 0 Å². The molecule has 0 amide bonds. The first-order valence-electron chi connectivity index (χ1n) is 17.7. The fraction of sp³-hybridized carbons (Fsp3) is 0.919. The summed E-state index contributed by atoms with van der Waals surface area (Å²) in [6, 6.07) is 0. The quantitative estimate of drug-likeness (QED) is 0.245. The Labute approximate surface area is 269 Å². The van der Waals surface area contributed by atoms with Crippen molar-refractivity contribution in [3.63, 3.8) is 0 Å². The molecule has 0 spiro atoms. The highest BCUT2D eigenvalue weighted by Crippen LogP contribution is 2.76. The van der Waals surface area contributed by atoms with Crippen molar-refractivity contribution < 1.29 is 40.2 Å². The summed E-state index contributed by atoms with van der Waals surface area (Å²) in [5.41, 5.74) is 0.609. The van der Waals surface area contributed by atoms with Crippen LogP contribution in [0, 0.1) is 56.2 Å². The molecular weight excluding hydrogens is 572 g/mol. The summed E-state index contributed by atoms with van der Waals surface area (Å²) in [6.45, 7) is 16.0. The van der Waals surface area contributed by atoms with Crippen molar-refractivity contribution in [1.82, 2.24) is 0 Å². The van der Waals surface area contributed by atoms with Crippen LogP contribution in [0.1, 0.15) is 113 Å². The van der Waals surface area contributed by atoms with Crippen LogP contribution in [-0.4, -0.2) is 79.8 Å². The molecule has 256 valence electrons. The van der Waals surface area contributed by atoms with Crippen molar-refractivity contribution in [2.24, 2.45) is 56.2 Å². The molecule has 5 fully saturated rings. The lowest BCUT2D eigenvalue weighted by atomic mass is 9.33. The standard InChI is InChI=1S/C37H60O8/c1-32(2)14-16-37(31(43)44)17-15-35(6)20(22(37)18-32)8-9-25-34(5)12-10-21(33(3,4)24(34)11-13-36(25,35)7)26(39)30-29(42)28(41)27(40)23(19-38)45-30/h8,21-30,38-42H,9-19H2,1-7H3,(H,43,44)/t21-,22?,23?,24?,25?,26?,27+,28?,29?,30+,34-,35+,36+,37-/m0/s1. The van der Waals surface area contributed by atoms with Crippen molar-refractivity contribution in [2.45, 2.75) is 149 Å². The van der Waals surface area contributed by atoms with Gasteiger partial charge in [-0.15, -0.1) is 0 Å². The molecule has 1 aliphatic heterocycles. The lowest BCUT2D eigenvalue weighted by Gasteiger charge is -2.71. The minimum atomic E-state index is -1.50. The first-order valence-corrected chi connectivity index (χ1v) is 17.7. The summed E-state index contributed by atoms with van der Waals surface area (Å²) in [4.78, 5) is 13.0. The highest BCUT2D eigenvalue weighted by molar-refractivity contribution is 5.76. The van der Waals surface area contributed by atoms with Crippen molar-refractivity contribution in [2.75, 3.05) is 6.61 Å². The number of ether oxygens (including phenoxy) is 1. The lowest BCUT2D eigenvalue weighted by molar-refractivity contribution is -0.267. The first-order chi connectivity index (χ1) is 20.8. The molecule has 8 nitrogen and oxygen atoms in total. The maximum absolute atomic E-state index is 13.0. The number of aliphatic hydroxyl groups is 5. The average molecular weight is 633 g/mol. The molecular formula is C37H60O8. The van der Waals surface area contributed by atoms with Crippen LogP contribution in [-0.2, 0) is 9.53 Å². The molecule has 0 aromatic rings. The molecule has 6 rings (SSSR count). The van der Waals surface area contributed by atoms with Crippen LogP contribution in [0.3, 0.4) is 0 Å². The van der Waals surface area contributed by atoms with Crippen LogP contribution in [0.2, 0.25) is 0 Å². The van der Waals surface area contributed by atoms with E-state index < -0.39 is 54.6 Å². The smallest absolute Gasteiger partial charge is 0.310 e. The van der Waals surface area contributed by atoms with Gasteiger partial charge >= 0.3 is 5.97 Å². The molecule has 0 aromatic heterocycles. The fourth-order valence-corrected chi connectivity index (χ4v) is 12.9. The highest BCUT2D eigenvalue weighted by Gasteiger charge is 2.70. The minimum absolute atomic E-state index is 0.0142. The molecule has 8 heteroatoms. The molecule has 0 aromatic carbocycles. The van der Waals surface area contributed by atoms with E-state index in [1.807, 2.05) is 0 Å². The third kappa shape index (κ3) is 4.55. The Kier molecular flexibility index (Phi) is 8.08. The summed E-state index contributed by atoms with van der Waals surface area (Å²) < 4.78 is 5.85. The molecule has 0 bridgehead atoms. The van der Waals surface area contributed by atoms with Crippen LogP contribution in [0.4, 0.5) is 0 Å². The van der Waals surface area contributed by atoms with Gasteiger partial charge in [0.1, 0.15) is 30.5 Å². The topological polar surface area (TPSA) is 148 Å². The van der Waals surface area contributed by atoms with Crippen molar-refractivity contribution in [1.29, 1.82) is 0 Å². The number of aliphatic hydroxyl groups excluding tert-OH is 5. The van der Waals surface area contributed by atoms with E-state index in [-0.39, 0.29) is 38.9 Å². The molecule has 0 radical (unpaired) electrons. The van der Waals surface area contributed by atoms with Gasteiger partial charge in [0.25, 0.3) is 0 Å². The van der Waals surface area contributed by atoms with Crippen LogP contribution in [0.15, 0.2) is 11.6 Å². The maximum Gasteiger partial charge on any atom is 0.310 e. The normalized spacial score (nSPS) is 52.7. The number of hydrogen-bond donors (Lipinski definition) is 6. The Morgan fingerprint density at radius 3 is 2.20 bits per heavy atom. The van der Waals surface area contributed by atoms with Gasteiger partial charge in [-0.25, -0.2) is 0 Å². The Balaban J connectivity index is 1.31. The van der Waals surface area contributed by atoms with E-state index in [1.54, 1.807) is 0 Å². The third-order valence-electron chi connectivity index (χ3n) is 15.9. The van der Waals surface area contributed by atoms with E-state index in [9.17, 15) is 35.4 Å². The zero-order valence-corrected chi connectivity index (χ0v) is 28.6. The van der Waals surface area contributed by atoms with Gasteiger partial charge in [0.05, 0.1) is 18.1 Å². The first kappa shape index (κ1) is 33.9. The average Bonchev–Trinajstić information content (AvgIpc) is 2.95. The molecule has 1 heterocycles. The fourth-order valence-electron chi connectivity index (χ4n) is 12.9. The summed E-state index contributed by atoms with van der Waals surface area (Å²) in [7, 11) is 0. The van der Waals surface area contributed by atoms with Gasteiger partial charge in [0.2, 0.25) is 0 Å². The molecule has 6 aliphatic rings. The van der Waals surface area contributed by atoms with Gasteiger partial charge < -0.3 is 35.4 Å². The van der Waals surface area contributed by atoms with Crippen molar-refractivity contribution in [3.05, 3.63) is 11.6 Å². The van der Waals surface area contributed by atoms with Crippen molar-refractivity contribution >= 4 is 5.97 Å². The number of fused-ring (bicyclic) bond motifs is 7. The van der Waals surface area contributed by atoms with Gasteiger partial charge in [-0.2, -0.15) is 0 Å². The van der Waals surface area contributed by atoms with Crippen molar-refractivity contribution in [3.8, 4) is 0 Å². The Hall–Kier alpha value is -1.03. The summed E-state index contributed by atoms with van der Waals surface area (Å²) in [6.07, 6.45) is 3.91. The second-order valence-corrected chi connectivity index (χ2v) is 18.4. The largest absolute Gasteiger partial charge is 0.481 e.